The second-order valence-corrected chi connectivity index (χ2v) is 5.47. The predicted molar refractivity (Wildman–Crippen MR) is 72.6 cm³/mol. The zero-order chi connectivity index (χ0) is 11.9. The molecule has 1 saturated carbocycles. The van der Waals surface area contributed by atoms with Gasteiger partial charge >= 0.3 is 0 Å². The Kier molecular flexibility index (Phi) is 5.19. The molecular weight excluding hydrogens is 232 g/mol. The van der Waals surface area contributed by atoms with Crippen molar-refractivity contribution in [2.45, 2.75) is 51.5 Å². The molecule has 17 heavy (non-hydrogen) atoms. The van der Waals surface area contributed by atoms with Crippen LogP contribution in [0.1, 0.15) is 44.3 Å². The van der Waals surface area contributed by atoms with Gasteiger partial charge < -0.3 is 10.6 Å². The van der Waals surface area contributed by atoms with Gasteiger partial charge in [0.25, 0.3) is 0 Å². The lowest BCUT2D eigenvalue weighted by atomic mass is 10.1. The van der Waals surface area contributed by atoms with E-state index in [0.29, 0.717) is 0 Å². The number of rotatable bonds is 5. The van der Waals surface area contributed by atoms with Crippen LogP contribution in [0.3, 0.4) is 0 Å². The summed E-state index contributed by atoms with van der Waals surface area (Å²) in [6, 6.07) is 0.732. The van der Waals surface area contributed by atoms with Crippen LogP contribution in [0.4, 0.5) is 5.13 Å². The zero-order valence-corrected chi connectivity index (χ0v) is 11.4. The Morgan fingerprint density at radius 1 is 1.18 bits per heavy atom. The Labute approximate surface area is 107 Å². The van der Waals surface area contributed by atoms with Crippen molar-refractivity contribution in [1.29, 1.82) is 0 Å². The van der Waals surface area contributed by atoms with E-state index in [0.717, 1.165) is 30.1 Å². The molecule has 0 amide bonds. The molecule has 0 atom stereocenters. The molecule has 1 fully saturated rings. The fourth-order valence-corrected chi connectivity index (χ4v) is 2.90. The van der Waals surface area contributed by atoms with Gasteiger partial charge in [-0.05, 0) is 19.8 Å². The maximum atomic E-state index is 4.28. The molecule has 0 spiro atoms. The maximum absolute atomic E-state index is 4.28. The van der Waals surface area contributed by atoms with Crippen molar-refractivity contribution in [3.63, 3.8) is 0 Å². The molecule has 0 bridgehead atoms. The van der Waals surface area contributed by atoms with Crippen LogP contribution >= 0.6 is 11.5 Å². The summed E-state index contributed by atoms with van der Waals surface area (Å²) in [4.78, 5) is 4.28. The normalized spacial score (nSPS) is 17.9. The number of hydrogen-bond donors (Lipinski definition) is 2. The number of aryl methyl sites for hydroxylation is 1. The van der Waals surface area contributed by atoms with Crippen LogP contribution in [0, 0.1) is 6.92 Å². The van der Waals surface area contributed by atoms with E-state index in [9.17, 15) is 0 Å². The molecule has 2 rings (SSSR count). The van der Waals surface area contributed by atoms with E-state index in [-0.39, 0.29) is 0 Å². The third-order valence-corrected chi connectivity index (χ3v) is 3.98. The van der Waals surface area contributed by atoms with Crippen LogP contribution in [0.5, 0.6) is 0 Å². The number of nitrogens with one attached hydrogen (secondary N) is 2. The molecule has 1 aliphatic rings. The van der Waals surface area contributed by atoms with Crippen molar-refractivity contribution in [2.24, 2.45) is 0 Å². The lowest BCUT2D eigenvalue weighted by molar-refractivity contribution is 0.468. The van der Waals surface area contributed by atoms with Gasteiger partial charge in [-0.25, -0.2) is 4.98 Å². The average molecular weight is 254 g/mol. The minimum absolute atomic E-state index is 0.732. The highest BCUT2D eigenvalue weighted by Gasteiger charge is 2.10. The minimum Gasteiger partial charge on any atom is -0.359 e. The molecular formula is C12H22N4S. The summed E-state index contributed by atoms with van der Waals surface area (Å²) in [5.41, 5.74) is 0. The van der Waals surface area contributed by atoms with Crippen molar-refractivity contribution in [1.82, 2.24) is 14.7 Å². The Morgan fingerprint density at radius 3 is 2.59 bits per heavy atom. The van der Waals surface area contributed by atoms with Crippen molar-refractivity contribution in [3.05, 3.63) is 5.82 Å². The highest BCUT2D eigenvalue weighted by Crippen LogP contribution is 2.17. The third-order valence-electron chi connectivity index (χ3n) is 3.22. The van der Waals surface area contributed by atoms with Gasteiger partial charge in [-0.15, -0.1) is 0 Å². The predicted octanol–water partition coefficient (Wildman–Crippen LogP) is 2.57. The van der Waals surface area contributed by atoms with Gasteiger partial charge in [-0.1, -0.05) is 25.7 Å². The second kappa shape index (κ2) is 6.91. The molecule has 2 N–H and O–H groups in total. The van der Waals surface area contributed by atoms with E-state index < -0.39 is 0 Å². The van der Waals surface area contributed by atoms with E-state index >= 15 is 0 Å². The molecule has 0 radical (unpaired) electrons. The fraction of sp³-hybridized carbons (Fsp3) is 0.833. The number of anilines is 1. The average Bonchev–Trinajstić information content (AvgIpc) is 2.59. The second-order valence-electron chi connectivity index (χ2n) is 4.72. The van der Waals surface area contributed by atoms with Crippen LogP contribution in [0.15, 0.2) is 0 Å². The van der Waals surface area contributed by atoms with E-state index in [1.807, 2.05) is 6.92 Å². The summed E-state index contributed by atoms with van der Waals surface area (Å²) < 4.78 is 4.15. The first kappa shape index (κ1) is 12.8. The van der Waals surface area contributed by atoms with Crippen LogP contribution in [0.25, 0.3) is 0 Å². The number of nitrogens with zero attached hydrogens (tertiary/aromatic N) is 2. The fourth-order valence-electron chi connectivity index (χ4n) is 2.30. The first-order valence-electron chi connectivity index (χ1n) is 6.62. The Balaban J connectivity index is 1.59. The summed E-state index contributed by atoms with van der Waals surface area (Å²) in [5.74, 6) is 0.856. The quantitative estimate of drug-likeness (QED) is 0.626. The van der Waals surface area contributed by atoms with Gasteiger partial charge in [-0.3, -0.25) is 0 Å². The van der Waals surface area contributed by atoms with Crippen LogP contribution in [-0.4, -0.2) is 28.5 Å². The van der Waals surface area contributed by atoms with E-state index in [4.69, 9.17) is 0 Å². The van der Waals surface area contributed by atoms with Gasteiger partial charge in [0.15, 0.2) is 0 Å². The van der Waals surface area contributed by atoms with Gasteiger partial charge in [-0.2, -0.15) is 4.37 Å². The molecule has 0 unspecified atom stereocenters. The van der Waals surface area contributed by atoms with Gasteiger partial charge in [0, 0.05) is 30.7 Å². The molecule has 1 aliphatic carbocycles. The largest absolute Gasteiger partial charge is 0.359 e. The summed E-state index contributed by atoms with van der Waals surface area (Å²) in [5, 5.41) is 7.87. The van der Waals surface area contributed by atoms with E-state index in [1.165, 1.54) is 50.1 Å². The highest BCUT2D eigenvalue weighted by atomic mass is 32.1. The molecule has 1 aromatic rings. The lowest BCUT2D eigenvalue weighted by Crippen LogP contribution is -2.32. The Morgan fingerprint density at radius 2 is 1.94 bits per heavy atom. The van der Waals surface area contributed by atoms with E-state index in [2.05, 4.69) is 20.0 Å². The summed E-state index contributed by atoms with van der Waals surface area (Å²) in [7, 11) is 0. The van der Waals surface area contributed by atoms with Crippen molar-refractivity contribution in [3.8, 4) is 0 Å². The first-order valence-corrected chi connectivity index (χ1v) is 7.39. The summed E-state index contributed by atoms with van der Waals surface area (Å²) >= 11 is 1.44. The van der Waals surface area contributed by atoms with Crippen LogP contribution in [0.2, 0.25) is 0 Å². The molecule has 0 aromatic carbocycles. The highest BCUT2D eigenvalue weighted by molar-refractivity contribution is 7.09. The molecule has 0 saturated heterocycles. The van der Waals surface area contributed by atoms with Gasteiger partial charge in [0.2, 0.25) is 5.13 Å². The summed E-state index contributed by atoms with van der Waals surface area (Å²) in [6.07, 6.45) is 8.30. The molecule has 1 heterocycles. The Bertz CT molecular complexity index is 318. The lowest BCUT2D eigenvalue weighted by Gasteiger charge is -2.15. The minimum atomic E-state index is 0.732. The molecule has 96 valence electrons. The van der Waals surface area contributed by atoms with Crippen LogP contribution < -0.4 is 10.6 Å². The van der Waals surface area contributed by atoms with Crippen molar-refractivity contribution < 1.29 is 0 Å². The maximum Gasteiger partial charge on any atom is 0.202 e. The van der Waals surface area contributed by atoms with Gasteiger partial charge in [0.05, 0.1) is 0 Å². The molecule has 5 heteroatoms. The SMILES string of the molecule is Cc1nsc(NCCNC2CCCCCC2)n1. The Hall–Kier alpha value is -0.680. The first-order chi connectivity index (χ1) is 8.34. The molecule has 1 aromatic heterocycles. The summed E-state index contributed by atoms with van der Waals surface area (Å²) in [6.45, 7) is 3.87. The monoisotopic (exact) mass is 254 g/mol. The molecule has 4 nitrogen and oxygen atoms in total. The van der Waals surface area contributed by atoms with Crippen molar-refractivity contribution in [2.75, 3.05) is 18.4 Å². The van der Waals surface area contributed by atoms with Gasteiger partial charge in [0.1, 0.15) is 5.82 Å². The zero-order valence-electron chi connectivity index (χ0n) is 10.5. The topological polar surface area (TPSA) is 49.8 Å². The number of hydrogen-bond acceptors (Lipinski definition) is 5. The smallest absolute Gasteiger partial charge is 0.202 e. The number of aromatic nitrogens is 2. The standard InChI is InChI=1S/C12H22N4S/c1-10-15-12(17-16-10)14-9-8-13-11-6-4-2-3-5-7-11/h11,13H,2-9H2,1H3,(H,14,15,16). The van der Waals surface area contributed by atoms with Crippen molar-refractivity contribution >= 4 is 16.7 Å². The van der Waals surface area contributed by atoms with Crippen LogP contribution in [-0.2, 0) is 0 Å². The van der Waals surface area contributed by atoms with E-state index in [1.54, 1.807) is 0 Å². The third kappa shape index (κ3) is 4.60. The molecule has 0 aliphatic heterocycles.